The van der Waals surface area contributed by atoms with E-state index < -0.39 is 35.6 Å². The van der Waals surface area contributed by atoms with E-state index in [1.165, 1.54) is 29.0 Å². The molecule has 3 atom stereocenters. The average molecular weight is 538 g/mol. The number of carbonyl (C=O) groups is 3. The second kappa shape index (κ2) is 11.4. The van der Waals surface area contributed by atoms with Crippen molar-refractivity contribution < 1.29 is 18.8 Å². The van der Waals surface area contributed by atoms with Crippen LogP contribution in [0.3, 0.4) is 0 Å². The molecule has 1 aliphatic heterocycles. The van der Waals surface area contributed by atoms with Gasteiger partial charge in [-0.05, 0) is 42.3 Å². The number of nitrogens with one attached hydrogen (secondary N) is 2. The van der Waals surface area contributed by atoms with E-state index in [9.17, 15) is 24.0 Å². The number of nitrogens with zero attached hydrogens (tertiary/aromatic N) is 3. The van der Waals surface area contributed by atoms with Crippen molar-refractivity contribution in [1.82, 2.24) is 14.8 Å². The Morgan fingerprint density at radius 2 is 1.77 bits per heavy atom. The van der Waals surface area contributed by atoms with E-state index in [2.05, 4.69) is 16.4 Å². The minimum atomic E-state index is -0.960. The highest BCUT2D eigenvalue weighted by Gasteiger charge is 2.42. The van der Waals surface area contributed by atoms with Gasteiger partial charge in [-0.2, -0.15) is 5.26 Å². The Hall–Kier alpha value is -4.97. The highest BCUT2D eigenvalue weighted by atomic mass is 19.1. The molecule has 8 nitrogen and oxygen atoms in total. The Balaban J connectivity index is 1.40. The van der Waals surface area contributed by atoms with E-state index in [1.54, 1.807) is 36.4 Å². The molecule has 40 heavy (non-hydrogen) atoms. The first-order chi connectivity index (χ1) is 19.4. The smallest absolute Gasteiger partial charge is 0.270 e. The van der Waals surface area contributed by atoms with Crippen LogP contribution in [-0.2, 0) is 16.0 Å². The summed E-state index contributed by atoms with van der Waals surface area (Å²) in [5, 5.41) is 13.0. The van der Waals surface area contributed by atoms with Gasteiger partial charge in [-0.1, -0.05) is 54.6 Å². The van der Waals surface area contributed by atoms with Crippen LogP contribution in [0.25, 0.3) is 10.9 Å². The lowest BCUT2D eigenvalue weighted by Gasteiger charge is -2.32. The molecule has 3 aromatic carbocycles. The number of halogens is 1. The Morgan fingerprint density at radius 1 is 1.07 bits per heavy atom. The van der Waals surface area contributed by atoms with E-state index >= 15 is 0 Å². The molecule has 2 N–H and O–H groups in total. The van der Waals surface area contributed by atoms with E-state index in [-0.39, 0.29) is 36.4 Å². The van der Waals surface area contributed by atoms with Crippen molar-refractivity contribution in [1.29, 1.82) is 5.26 Å². The van der Waals surface area contributed by atoms with E-state index in [0.29, 0.717) is 11.2 Å². The van der Waals surface area contributed by atoms with Gasteiger partial charge in [-0.3, -0.25) is 14.4 Å². The summed E-state index contributed by atoms with van der Waals surface area (Å²) < 4.78 is 14.3. The highest BCUT2D eigenvalue weighted by molar-refractivity contribution is 6.00. The van der Waals surface area contributed by atoms with Crippen LogP contribution in [0.4, 0.5) is 10.1 Å². The summed E-state index contributed by atoms with van der Waals surface area (Å²) in [6, 6.07) is 24.6. The number of aromatic nitrogens is 1. The third-order valence-corrected chi connectivity index (χ3v) is 7.33. The topological polar surface area (TPSA) is 109 Å². The normalized spacial score (nSPS) is 17.3. The highest BCUT2D eigenvalue weighted by Crippen LogP contribution is 2.27. The third-order valence-electron chi connectivity index (χ3n) is 7.33. The molecule has 1 fully saturated rings. The number of nitriles is 1. The van der Waals surface area contributed by atoms with Crippen molar-refractivity contribution in [2.75, 3.05) is 18.9 Å². The van der Waals surface area contributed by atoms with Crippen LogP contribution in [0.15, 0.2) is 84.9 Å². The molecular weight excluding hydrogens is 509 g/mol. The Morgan fingerprint density at radius 3 is 2.45 bits per heavy atom. The third kappa shape index (κ3) is 5.43. The maximum Gasteiger partial charge on any atom is 0.270 e. The van der Waals surface area contributed by atoms with E-state index in [4.69, 9.17) is 0 Å². The molecule has 2 heterocycles. The number of hydrogen-bond acceptors (Lipinski definition) is 4. The molecule has 1 aliphatic rings. The molecule has 3 unspecified atom stereocenters. The van der Waals surface area contributed by atoms with Gasteiger partial charge < -0.3 is 20.1 Å². The van der Waals surface area contributed by atoms with Gasteiger partial charge in [0.2, 0.25) is 11.8 Å². The molecule has 0 radical (unpaired) electrons. The van der Waals surface area contributed by atoms with Crippen molar-refractivity contribution in [3.8, 4) is 6.07 Å². The Kier molecular flexibility index (Phi) is 7.60. The number of fused-ring (bicyclic) bond motifs is 1. The number of hydrogen-bond donors (Lipinski definition) is 2. The van der Waals surface area contributed by atoms with Crippen LogP contribution >= 0.6 is 0 Å². The number of aromatic amines is 1. The lowest BCUT2D eigenvalue weighted by molar-refractivity contribution is -0.136. The van der Waals surface area contributed by atoms with Crippen molar-refractivity contribution in [3.05, 3.63) is 102 Å². The first-order valence-corrected chi connectivity index (χ1v) is 13.0. The number of likely N-dealkylation sites (tertiary alicyclic amines) is 1. The number of para-hydroxylation sites is 1. The molecule has 9 heteroatoms. The molecule has 1 aromatic heterocycles. The average Bonchev–Trinajstić information content (AvgIpc) is 3.62. The molecule has 3 amide bonds. The fraction of sp³-hybridized carbons (Fsp3) is 0.226. The SMILES string of the molecule is CN(C(=O)c1cc2c(F)cccc2[nH]1)C(Cc1ccccc1)C(=O)N1CC(C(=O)Nc2ccccc2)CC1C#N. The largest absolute Gasteiger partial charge is 0.350 e. The fourth-order valence-electron chi connectivity index (χ4n) is 5.14. The standard InChI is InChI=1S/C31H28FN5O3/c1-36(30(39)27-17-24-25(32)13-8-14-26(24)35-27)28(15-20-9-4-2-5-10-20)31(40)37-19-21(16-23(37)18-33)29(38)34-22-11-6-3-7-12-22/h2-14,17,21,23,28,35H,15-16,19H2,1H3,(H,34,38). The summed E-state index contributed by atoms with van der Waals surface area (Å²) in [4.78, 5) is 46.3. The number of amides is 3. The van der Waals surface area contributed by atoms with Gasteiger partial charge in [0.1, 0.15) is 23.6 Å². The number of anilines is 1. The van der Waals surface area contributed by atoms with Crippen molar-refractivity contribution >= 4 is 34.3 Å². The molecule has 0 aliphatic carbocycles. The summed E-state index contributed by atoms with van der Waals surface area (Å²) in [7, 11) is 1.52. The van der Waals surface area contributed by atoms with Gasteiger partial charge in [-0.15, -0.1) is 0 Å². The molecule has 0 bridgehead atoms. The van der Waals surface area contributed by atoms with Crippen LogP contribution in [0.5, 0.6) is 0 Å². The summed E-state index contributed by atoms with van der Waals surface area (Å²) in [6.07, 6.45) is 0.393. The van der Waals surface area contributed by atoms with Crippen molar-refractivity contribution in [2.24, 2.45) is 5.92 Å². The summed E-state index contributed by atoms with van der Waals surface area (Å²) in [5.41, 5.74) is 2.08. The summed E-state index contributed by atoms with van der Waals surface area (Å²) in [6.45, 7) is 0.0562. The number of H-pyrrole nitrogens is 1. The quantitative estimate of drug-likeness (QED) is 0.365. The first-order valence-electron chi connectivity index (χ1n) is 13.0. The van der Waals surface area contributed by atoms with Crippen LogP contribution in [0.2, 0.25) is 0 Å². The van der Waals surface area contributed by atoms with Gasteiger partial charge in [0.25, 0.3) is 5.91 Å². The summed E-state index contributed by atoms with van der Waals surface area (Å²) in [5.74, 6) is -2.23. The number of benzene rings is 3. The summed E-state index contributed by atoms with van der Waals surface area (Å²) >= 11 is 0. The molecule has 0 spiro atoms. The number of likely N-dealkylation sites (N-methyl/N-ethyl adjacent to an activating group) is 1. The Bertz CT molecular complexity index is 1580. The predicted octanol–water partition coefficient (Wildman–Crippen LogP) is 4.37. The van der Waals surface area contributed by atoms with Gasteiger partial charge in [0, 0.05) is 36.6 Å². The van der Waals surface area contributed by atoms with Gasteiger partial charge in [0.05, 0.1) is 12.0 Å². The lowest BCUT2D eigenvalue weighted by atomic mass is 10.0. The molecular formula is C31H28FN5O3. The van der Waals surface area contributed by atoms with E-state index in [1.807, 2.05) is 36.4 Å². The predicted molar refractivity (Wildman–Crippen MR) is 149 cm³/mol. The second-order valence-corrected chi connectivity index (χ2v) is 9.93. The number of rotatable bonds is 7. The van der Waals surface area contributed by atoms with E-state index in [0.717, 1.165) is 5.56 Å². The van der Waals surface area contributed by atoms with Gasteiger partial charge in [0.15, 0.2) is 0 Å². The van der Waals surface area contributed by atoms with Crippen LogP contribution in [0.1, 0.15) is 22.5 Å². The van der Waals surface area contributed by atoms with Crippen molar-refractivity contribution in [2.45, 2.75) is 24.9 Å². The zero-order chi connectivity index (χ0) is 28.2. The van der Waals surface area contributed by atoms with Crippen LogP contribution in [0, 0.1) is 23.1 Å². The Labute approximate surface area is 231 Å². The molecule has 4 aromatic rings. The molecule has 1 saturated heterocycles. The van der Waals surface area contributed by atoms with Gasteiger partial charge >= 0.3 is 0 Å². The maximum atomic E-state index is 14.3. The zero-order valence-corrected chi connectivity index (χ0v) is 21.9. The monoisotopic (exact) mass is 537 g/mol. The minimum absolute atomic E-state index is 0.0562. The number of carbonyl (C=O) groups excluding carboxylic acids is 3. The minimum Gasteiger partial charge on any atom is -0.350 e. The lowest BCUT2D eigenvalue weighted by Crippen LogP contribution is -2.51. The molecule has 5 rings (SSSR count). The van der Waals surface area contributed by atoms with Crippen LogP contribution in [-0.4, -0.2) is 58.2 Å². The van der Waals surface area contributed by atoms with Gasteiger partial charge in [-0.25, -0.2) is 4.39 Å². The first kappa shape index (κ1) is 26.6. The zero-order valence-electron chi connectivity index (χ0n) is 21.9. The fourth-order valence-corrected chi connectivity index (χ4v) is 5.14. The maximum absolute atomic E-state index is 14.3. The second-order valence-electron chi connectivity index (χ2n) is 9.93. The molecule has 0 saturated carbocycles. The molecule has 202 valence electrons. The van der Waals surface area contributed by atoms with Crippen LogP contribution < -0.4 is 5.32 Å². The van der Waals surface area contributed by atoms with Crippen molar-refractivity contribution in [3.63, 3.8) is 0 Å².